The number of hydrogen-bond acceptors (Lipinski definition) is 6. The number of esters is 1. The van der Waals surface area contributed by atoms with E-state index >= 15 is 0 Å². The molecular formula is C22H22N2O5S. The Morgan fingerprint density at radius 3 is 2.50 bits per heavy atom. The lowest BCUT2D eigenvalue weighted by Crippen LogP contribution is -2.31. The summed E-state index contributed by atoms with van der Waals surface area (Å²) in [5, 5.41) is 2.24. The summed E-state index contributed by atoms with van der Waals surface area (Å²) in [7, 11) is 1.28. The predicted molar refractivity (Wildman–Crippen MR) is 116 cm³/mol. The number of aryl methyl sites for hydroxylation is 1. The molecule has 1 heterocycles. The van der Waals surface area contributed by atoms with Crippen LogP contribution >= 0.6 is 11.8 Å². The minimum atomic E-state index is -0.620. The normalized spacial score (nSPS) is 15.9. The standard InChI is InChI=1S/C22H22N2O5S/c1-3-14-6-4-5-7-17(14)23-19(25)13-30-18-12-20(26)24(21(18)27)16-10-8-15(9-11-16)22(28)29-2/h4-11,18H,3,12-13H2,1-2H3,(H,23,25)/t18-/m0/s1. The number of amides is 3. The van der Waals surface area contributed by atoms with E-state index < -0.39 is 11.2 Å². The minimum Gasteiger partial charge on any atom is -0.465 e. The van der Waals surface area contributed by atoms with Gasteiger partial charge in [-0.25, -0.2) is 9.69 Å². The molecule has 0 radical (unpaired) electrons. The maximum Gasteiger partial charge on any atom is 0.337 e. The van der Waals surface area contributed by atoms with E-state index in [4.69, 9.17) is 0 Å². The highest BCUT2D eigenvalue weighted by Gasteiger charge is 2.40. The fraction of sp³-hybridized carbons (Fsp3) is 0.273. The second-order valence-electron chi connectivity index (χ2n) is 6.67. The van der Waals surface area contributed by atoms with Crippen LogP contribution in [0.15, 0.2) is 48.5 Å². The van der Waals surface area contributed by atoms with Crippen LogP contribution in [0.25, 0.3) is 0 Å². The van der Waals surface area contributed by atoms with E-state index in [0.717, 1.165) is 34.3 Å². The number of carbonyl (C=O) groups is 4. The lowest BCUT2D eigenvalue weighted by molar-refractivity contribution is -0.121. The van der Waals surface area contributed by atoms with E-state index in [0.29, 0.717) is 11.3 Å². The molecule has 3 amide bonds. The van der Waals surface area contributed by atoms with Crippen molar-refractivity contribution in [3.05, 3.63) is 59.7 Å². The van der Waals surface area contributed by atoms with E-state index in [9.17, 15) is 19.2 Å². The van der Waals surface area contributed by atoms with Crippen molar-refractivity contribution in [2.75, 3.05) is 23.1 Å². The molecule has 2 aromatic carbocycles. The zero-order valence-electron chi connectivity index (χ0n) is 16.7. The van der Waals surface area contributed by atoms with Gasteiger partial charge in [-0.2, -0.15) is 0 Å². The van der Waals surface area contributed by atoms with Crippen LogP contribution in [0, 0.1) is 0 Å². The highest BCUT2D eigenvalue weighted by molar-refractivity contribution is 8.01. The number of para-hydroxylation sites is 1. The molecule has 1 aliphatic rings. The van der Waals surface area contributed by atoms with Gasteiger partial charge in [0.15, 0.2) is 0 Å². The molecule has 1 aliphatic heterocycles. The van der Waals surface area contributed by atoms with Crippen molar-refractivity contribution >= 4 is 46.8 Å². The fourth-order valence-corrected chi connectivity index (χ4v) is 4.12. The van der Waals surface area contributed by atoms with Crippen LogP contribution in [0.3, 0.4) is 0 Å². The van der Waals surface area contributed by atoms with Gasteiger partial charge in [-0.05, 0) is 42.3 Å². The summed E-state index contributed by atoms with van der Waals surface area (Å²) < 4.78 is 4.64. The largest absolute Gasteiger partial charge is 0.465 e. The van der Waals surface area contributed by atoms with Crippen LogP contribution in [0.2, 0.25) is 0 Å². The van der Waals surface area contributed by atoms with E-state index in [1.165, 1.54) is 31.4 Å². The number of rotatable bonds is 7. The number of ether oxygens (including phenoxy) is 1. The molecular weight excluding hydrogens is 404 g/mol. The van der Waals surface area contributed by atoms with Crippen molar-refractivity contribution in [2.24, 2.45) is 0 Å². The first-order valence-electron chi connectivity index (χ1n) is 9.49. The molecule has 1 atom stereocenters. The maximum absolute atomic E-state index is 12.7. The van der Waals surface area contributed by atoms with E-state index in [1.807, 2.05) is 31.2 Å². The van der Waals surface area contributed by atoms with Crippen molar-refractivity contribution in [1.82, 2.24) is 0 Å². The topological polar surface area (TPSA) is 92.8 Å². The third-order valence-corrected chi connectivity index (χ3v) is 5.94. The van der Waals surface area contributed by atoms with Gasteiger partial charge < -0.3 is 10.1 Å². The fourth-order valence-electron chi connectivity index (χ4n) is 3.18. The number of imide groups is 1. The summed E-state index contributed by atoms with van der Waals surface area (Å²) in [6, 6.07) is 13.6. The third kappa shape index (κ3) is 4.71. The van der Waals surface area contributed by atoms with Crippen LogP contribution in [0.4, 0.5) is 11.4 Å². The average Bonchev–Trinajstić information content (AvgIpc) is 3.05. The second-order valence-corrected chi connectivity index (χ2v) is 7.86. The molecule has 7 nitrogen and oxygen atoms in total. The minimum absolute atomic E-state index is 0.0288. The number of carbonyl (C=O) groups excluding carboxylic acids is 4. The Morgan fingerprint density at radius 1 is 1.13 bits per heavy atom. The van der Waals surface area contributed by atoms with Gasteiger partial charge in [0, 0.05) is 12.1 Å². The van der Waals surface area contributed by atoms with E-state index in [-0.39, 0.29) is 29.9 Å². The summed E-state index contributed by atoms with van der Waals surface area (Å²) in [5.41, 5.74) is 2.51. The molecule has 0 spiro atoms. The Hall–Kier alpha value is -3.13. The van der Waals surface area contributed by atoms with Crippen molar-refractivity contribution in [3.8, 4) is 0 Å². The van der Waals surface area contributed by atoms with Gasteiger partial charge in [-0.15, -0.1) is 11.8 Å². The van der Waals surface area contributed by atoms with E-state index in [1.54, 1.807) is 0 Å². The smallest absolute Gasteiger partial charge is 0.337 e. The zero-order valence-corrected chi connectivity index (χ0v) is 17.5. The maximum atomic E-state index is 12.7. The Morgan fingerprint density at radius 2 is 1.83 bits per heavy atom. The highest BCUT2D eigenvalue weighted by atomic mass is 32.2. The van der Waals surface area contributed by atoms with Crippen molar-refractivity contribution < 1.29 is 23.9 Å². The molecule has 1 fully saturated rings. The molecule has 0 unspecified atom stereocenters. The molecule has 0 saturated carbocycles. The summed E-state index contributed by atoms with van der Waals surface area (Å²) in [5.74, 6) is -1.35. The Bertz CT molecular complexity index is 974. The number of anilines is 2. The second kappa shape index (κ2) is 9.58. The molecule has 30 heavy (non-hydrogen) atoms. The first-order chi connectivity index (χ1) is 14.4. The van der Waals surface area contributed by atoms with Gasteiger partial charge in [0.2, 0.25) is 17.7 Å². The van der Waals surface area contributed by atoms with Crippen LogP contribution in [0.1, 0.15) is 29.3 Å². The van der Waals surface area contributed by atoms with Crippen LogP contribution in [0.5, 0.6) is 0 Å². The number of hydrogen-bond donors (Lipinski definition) is 1. The van der Waals surface area contributed by atoms with Crippen molar-refractivity contribution in [2.45, 2.75) is 25.0 Å². The molecule has 156 valence electrons. The first kappa shape index (κ1) is 21.6. The quantitative estimate of drug-likeness (QED) is 0.540. The summed E-state index contributed by atoms with van der Waals surface area (Å²) in [6.45, 7) is 2.01. The monoisotopic (exact) mass is 426 g/mol. The van der Waals surface area contributed by atoms with Crippen molar-refractivity contribution in [3.63, 3.8) is 0 Å². The van der Waals surface area contributed by atoms with Crippen LogP contribution in [-0.4, -0.2) is 41.8 Å². The van der Waals surface area contributed by atoms with Gasteiger partial charge in [0.1, 0.15) is 0 Å². The molecule has 8 heteroatoms. The zero-order chi connectivity index (χ0) is 21.7. The molecule has 0 aromatic heterocycles. The van der Waals surface area contributed by atoms with E-state index in [2.05, 4.69) is 10.1 Å². The number of methoxy groups -OCH3 is 1. The van der Waals surface area contributed by atoms with Gasteiger partial charge in [0.25, 0.3) is 0 Å². The van der Waals surface area contributed by atoms with Crippen molar-refractivity contribution in [1.29, 1.82) is 0 Å². The Balaban J connectivity index is 1.61. The molecule has 1 saturated heterocycles. The number of nitrogens with zero attached hydrogens (tertiary/aromatic N) is 1. The molecule has 3 rings (SSSR count). The number of thioether (sulfide) groups is 1. The Labute approximate surface area is 178 Å². The lowest BCUT2D eigenvalue weighted by Gasteiger charge is -2.15. The summed E-state index contributed by atoms with van der Waals surface area (Å²) in [4.78, 5) is 50.1. The van der Waals surface area contributed by atoms with Crippen LogP contribution in [-0.2, 0) is 25.5 Å². The molecule has 1 N–H and O–H groups in total. The average molecular weight is 426 g/mol. The Kier molecular flexibility index (Phi) is 6.89. The summed E-state index contributed by atoms with van der Waals surface area (Å²) >= 11 is 1.15. The van der Waals surface area contributed by atoms with Gasteiger partial charge in [-0.3, -0.25) is 14.4 Å². The van der Waals surface area contributed by atoms with Gasteiger partial charge in [0.05, 0.1) is 29.4 Å². The first-order valence-corrected chi connectivity index (χ1v) is 10.5. The van der Waals surface area contributed by atoms with Gasteiger partial charge >= 0.3 is 5.97 Å². The van der Waals surface area contributed by atoms with Crippen LogP contribution < -0.4 is 10.2 Å². The molecule has 2 aromatic rings. The molecule has 0 bridgehead atoms. The predicted octanol–water partition coefficient (Wildman–Crippen LogP) is 3.04. The summed E-state index contributed by atoms with van der Waals surface area (Å²) in [6.07, 6.45) is 0.823. The molecule has 0 aliphatic carbocycles. The lowest BCUT2D eigenvalue weighted by atomic mass is 10.1. The number of nitrogens with one attached hydrogen (secondary N) is 1. The highest BCUT2D eigenvalue weighted by Crippen LogP contribution is 2.30. The SMILES string of the molecule is CCc1ccccc1NC(=O)CS[C@H]1CC(=O)N(c2ccc(C(=O)OC)cc2)C1=O. The third-order valence-electron chi connectivity index (χ3n) is 4.74. The van der Waals surface area contributed by atoms with Gasteiger partial charge in [-0.1, -0.05) is 25.1 Å². The number of benzene rings is 2.